The van der Waals surface area contributed by atoms with Crippen LogP contribution < -0.4 is 10.6 Å². The van der Waals surface area contributed by atoms with Crippen molar-refractivity contribution < 1.29 is 47.9 Å². The number of benzene rings is 5. The van der Waals surface area contributed by atoms with Crippen molar-refractivity contribution in [1.82, 2.24) is 10.6 Å². The number of hydrogen-bond donors (Lipinski definition) is 3. The number of carboxylic acid groups (broad SMARTS) is 1. The molecule has 0 aromatic heterocycles. The molecule has 0 spiro atoms. The van der Waals surface area contributed by atoms with Crippen molar-refractivity contribution in [3.63, 3.8) is 0 Å². The highest BCUT2D eigenvalue weighted by Crippen LogP contribution is 2.44. The van der Waals surface area contributed by atoms with Gasteiger partial charge in [0.15, 0.2) is 12.3 Å². The lowest BCUT2D eigenvalue weighted by molar-refractivity contribution is -0.299. The van der Waals surface area contributed by atoms with Crippen LogP contribution in [0.1, 0.15) is 47.6 Å². The fraction of sp³-hybridized carbons (Fsp3) is 0.312. The van der Waals surface area contributed by atoms with Gasteiger partial charge in [-0.2, -0.15) is 0 Å². The third kappa shape index (κ3) is 10.6. The number of carbonyl (C=O) groups excluding carboxylic acids is 2. The summed E-state index contributed by atoms with van der Waals surface area (Å²) in [6.45, 7) is 3.55. The van der Waals surface area contributed by atoms with Crippen LogP contribution in [0.15, 0.2) is 140 Å². The van der Waals surface area contributed by atoms with Crippen molar-refractivity contribution in [2.24, 2.45) is 0 Å². The molecule has 1 aliphatic carbocycles. The maximum Gasteiger partial charge on any atom is 0.407 e. The molecule has 2 unspecified atom stereocenters. The second-order valence-corrected chi connectivity index (χ2v) is 14.9. The summed E-state index contributed by atoms with van der Waals surface area (Å²) >= 11 is 0. The summed E-state index contributed by atoms with van der Waals surface area (Å²) in [6, 6.07) is 42.2. The van der Waals surface area contributed by atoms with E-state index in [9.17, 15) is 19.5 Å². The van der Waals surface area contributed by atoms with Crippen LogP contribution in [-0.2, 0) is 57.8 Å². The molecule has 12 heteroatoms. The predicted octanol–water partition coefficient (Wildman–Crippen LogP) is 7.00. The number of carbonyl (C=O) groups is 3. The zero-order chi connectivity index (χ0) is 41.8. The molecule has 1 fully saturated rings. The minimum Gasteiger partial charge on any atom is -0.480 e. The van der Waals surface area contributed by atoms with Crippen molar-refractivity contribution in [3.8, 4) is 11.1 Å². The zero-order valence-electron chi connectivity index (χ0n) is 33.6. The van der Waals surface area contributed by atoms with Crippen LogP contribution in [0.5, 0.6) is 0 Å². The molecule has 12 nitrogen and oxygen atoms in total. The molecule has 2 amide bonds. The molecule has 2 aliphatic rings. The van der Waals surface area contributed by atoms with Crippen LogP contribution in [0.3, 0.4) is 0 Å². The Balaban J connectivity index is 1.11. The quantitative estimate of drug-likeness (QED) is 0.0844. The van der Waals surface area contributed by atoms with Crippen LogP contribution in [0, 0.1) is 0 Å². The second kappa shape index (κ2) is 20.4. The molecule has 0 bridgehead atoms. The van der Waals surface area contributed by atoms with Crippen molar-refractivity contribution >= 4 is 18.0 Å². The smallest absolute Gasteiger partial charge is 0.407 e. The third-order valence-electron chi connectivity index (χ3n) is 10.7. The van der Waals surface area contributed by atoms with Gasteiger partial charge in [-0.1, -0.05) is 140 Å². The van der Waals surface area contributed by atoms with Gasteiger partial charge in [0.2, 0.25) is 5.91 Å². The number of alkyl carbamates (subject to hydrolysis) is 1. The van der Waals surface area contributed by atoms with E-state index in [0.717, 1.165) is 38.9 Å². The summed E-state index contributed by atoms with van der Waals surface area (Å²) in [7, 11) is 0. The number of rotatable bonds is 18. The Hall–Kier alpha value is -5.89. The lowest BCUT2D eigenvalue weighted by Gasteiger charge is -2.47. The molecule has 312 valence electrons. The number of fused-ring (bicyclic) bond motifs is 3. The minimum atomic E-state index is -1.56. The van der Waals surface area contributed by atoms with Crippen molar-refractivity contribution in [2.75, 3.05) is 13.2 Å². The Kier molecular flexibility index (Phi) is 14.4. The van der Waals surface area contributed by atoms with Gasteiger partial charge in [0.1, 0.15) is 31.0 Å². The lowest BCUT2D eigenvalue weighted by atomic mass is 9.95. The van der Waals surface area contributed by atoms with Gasteiger partial charge in [-0.05, 0) is 45.9 Å². The van der Waals surface area contributed by atoms with Gasteiger partial charge in [0, 0.05) is 12.8 Å². The Bertz CT molecular complexity index is 2130. The van der Waals surface area contributed by atoms with Gasteiger partial charge in [0.05, 0.1) is 32.5 Å². The monoisotopic (exact) mass is 814 g/mol. The van der Waals surface area contributed by atoms with Gasteiger partial charge in [-0.25, -0.2) is 9.59 Å². The number of nitrogens with one attached hydrogen (secondary N) is 2. The van der Waals surface area contributed by atoms with E-state index >= 15 is 0 Å². The van der Waals surface area contributed by atoms with Gasteiger partial charge in [0.25, 0.3) is 0 Å². The van der Waals surface area contributed by atoms with E-state index < -0.39 is 60.8 Å². The maximum absolute atomic E-state index is 13.3. The van der Waals surface area contributed by atoms with Gasteiger partial charge < -0.3 is 44.2 Å². The largest absolute Gasteiger partial charge is 0.480 e. The Morgan fingerprint density at radius 2 is 1.17 bits per heavy atom. The van der Waals surface area contributed by atoms with E-state index in [-0.39, 0.29) is 39.0 Å². The number of aliphatic carboxylic acids is 1. The van der Waals surface area contributed by atoms with E-state index in [4.69, 9.17) is 28.4 Å². The van der Waals surface area contributed by atoms with E-state index in [1.807, 2.05) is 140 Å². The molecular formula is C48H50N2O10. The van der Waals surface area contributed by atoms with Gasteiger partial charge in [-0.15, -0.1) is 0 Å². The molecule has 7 rings (SSSR count). The number of ether oxygens (including phenoxy) is 6. The molecule has 1 saturated heterocycles. The summed E-state index contributed by atoms with van der Waals surface area (Å²) in [5.41, 5.74) is 6.92. The SMILES string of the molecule is CC(=O)NC1[C@@H](O[C@H](C)[C@H](NC(=O)OCC2c3ccccc3-c3ccccc32)C(=O)O)OC(COCc2ccccc2)[C@H](OCc2ccccc2)[C@H]1OCc1ccccc1. The molecule has 3 N–H and O–H groups in total. The Labute approximate surface area is 349 Å². The van der Waals surface area contributed by atoms with E-state index in [1.54, 1.807) is 0 Å². The molecule has 7 atom stereocenters. The highest BCUT2D eigenvalue weighted by molar-refractivity contribution is 5.81. The summed E-state index contributed by atoms with van der Waals surface area (Å²) in [5, 5.41) is 15.8. The zero-order valence-corrected chi connectivity index (χ0v) is 33.6. The van der Waals surface area contributed by atoms with Crippen LogP contribution in [0.4, 0.5) is 4.79 Å². The van der Waals surface area contributed by atoms with E-state index in [0.29, 0.717) is 0 Å². The topological polar surface area (TPSA) is 151 Å². The molecule has 1 aliphatic heterocycles. The van der Waals surface area contributed by atoms with E-state index in [2.05, 4.69) is 10.6 Å². The molecule has 0 saturated carbocycles. The van der Waals surface area contributed by atoms with Crippen LogP contribution in [0.2, 0.25) is 0 Å². The first kappa shape index (κ1) is 42.2. The Morgan fingerprint density at radius 1 is 0.667 bits per heavy atom. The highest BCUT2D eigenvalue weighted by Gasteiger charge is 2.50. The molecule has 5 aromatic rings. The molecule has 60 heavy (non-hydrogen) atoms. The molecular weight excluding hydrogens is 765 g/mol. The standard InChI is InChI=1S/C48H50N2O10/c1-31(42(46(52)53)50-48(54)58-29-40-38-24-14-12-22-36(38)37-23-13-15-25-39(37)40)59-47-43(49-32(2)51)45(57-28-35-20-10-5-11-21-35)44(56-27-34-18-8-4-9-19-34)41(60-47)30-55-26-33-16-6-3-7-17-33/h3-25,31,40-45,47H,26-30H2,1-2H3,(H,49,51)(H,50,54)(H,52,53)/t31-,41?,42+,43?,44+,45+,47+/m1/s1. The Morgan fingerprint density at radius 3 is 1.70 bits per heavy atom. The first-order chi connectivity index (χ1) is 29.2. The van der Waals surface area contributed by atoms with Gasteiger partial charge in [-0.3, -0.25) is 4.79 Å². The first-order valence-electron chi connectivity index (χ1n) is 20.1. The summed E-state index contributed by atoms with van der Waals surface area (Å²) in [4.78, 5) is 39.0. The maximum atomic E-state index is 13.3. The van der Waals surface area contributed by atoms with Crippen LogP contribution in [-0.4, -0.2) is 79.1 Å². The van der Waals surface area contributed by atoms with Crippen molar-refractivity contribution in [1.29, 1.82) is 0 Å². The lowest BCUT2D eigenvalue weighted by Crippen LogP contribution is -2.67. The molecule has 0 radical (unpaired) electrons. The molecule has 1 heterocycles. The average Bonchev–Trinajstić information content (AvgIpc) is 3.58. The fourth-order valence-electron chi connectivity index (χ4n) is 7.78. The highest BCUT2D eigenvalue weighted by atomic mass is 16.7. The predicted molar refractivity (Wildman–Crippen MR) is 223 cm³/mol. The fourth-order valence-corrected chi connectivity index (χ4v) is 7.78. The summed E-state index contributed by atoms with van der Waals surface area (Å²) in [5.74, 6) is -1.98. The van der Waals surface area contributed by atoms with Crippen molar-refractivity contribution in [2.45, 2.75) is 82.4 Å². The summed E-state index contributed by atoms with van der Waals surface area (Å²) < 4.78 is 38.1. The number of amides is 2. The number of hydrogen-bond acceptors (Lipinski definition) is 9. The van der Waals surface area contributed by atoms with Crippen molar-refractivity contribution in [3.05, 3.63) is 167 Å². The van der Waals surface area contributed by atoms with Gasteiger partial charge >= 0.3 is 12.1 Å². The van der Waals surface area contributed by atoms with Crippen LogP contribution in [0.25, 0.3) is 11.1 Å². The normalized spacial score (nSPS) is 20.6. The first-order valence-corrected chi connectivity index (χ1v) is 20.1. The van der Waals surface area contributed by atoms with Crippen LogP contribution >= 0.6 is 0 Å². The second-order valence-electron chi connectivity index (χ2n) is 14.9. The summed E-state index contributed by atoms with van der Waals surface area (Å²) in [6.07, 6.45) is -5.84. The molecule has 5 aromatic carbocycles. The third-order valence-corrected chi connectivity index (χ3v) is 10.7. The number of carboxylic acids is 1. The van der Waals surface area contributed by atoms with E-state index in [1.165, 1.54) is 13.8 Å². The average molecular weight is 815 g/mol. The minimum absolute atomic E-state index is 0.00670.